The van der Waals surface area contributed by atoms with Crippen molar-refractivity contribution in [1.29, 1.82) is 0 Å². The largest absolute Gasteiger partial charge is 0.454 e. The molecule has 3 heterocycles. The van der Waals surface area contributed by atoms with E-state index in [-0.39, 0.29) is 12.7 Å². The van der Waals surface area contributed by atoms with Crippen LogP contribution in [0.1, 0.15) is 36.0 Å². The van der Waals surface area contributed by atoms with Gasteiger partial charge in [-0.25, -0.2) is 0 Å². The van der Waals surface area contributed by atoms with Crippen molar-refractivity contribution in [2.75, 3.05) is 51.0 Å². The van der Waals surface area contributed by atoms with E-state index in [2.05, 4.69) is 39.4 Å². The second-order valence-electron chi connectivity index (χ2n) is 9.87. The average molecular weight is 493 g/mol. The smallest absolute Gasteiger partial charge is 0.251 e. The summed E-state index contributed by atoms with van der Waals surface area (Å²) in [7, 11) is 0. The van der Waals surface area contributed by atoms with Gasteiger partial charge in [-0.1, -0.05) is 25.0 Å². The van der Waals surface area contributed by atoms with Gasteiger partial charge in [0, 0.05) is 50.2 Å². The van der Waals surface area contributed by atoms with Gasteiger partial charge in [0.1, 0.15) is 5.82 Å². The predicted octanol–water partition coefficient (Wildman–Crippen LogP) is 4.38. The molecule has 6 rings (SSSR count). The zero-order chi connectivity index (χ0) is 23.6. The van der Waals surface area contributed by atoms with E-state index in [1.165, 1.54) is 35.8 Å². The van der Waals surface area contributed by atoms with E-state index in [0.29, 0.717) is 28.9 Å². The van der Waals surface area contributed by atoms with Crippen molar-refractivity contribution in [3.8, 4) is 11.5 Å². The maximum absolute atomic E-state index is 12.8. The Hall–Kier alpha value is -2.84. The second kappa shape index (κ2) is 10.0. The van der Waals surface area contributed by atoms with Crippen molar-refractivity contribution >= 4 is 33.3 Å². The summed E-state index contributed by atoms with van der Waals surface area (Å²) in [5, 5.41) is 4.48. The number of rotatable bonds is 6. The highest BCUT2D eigenvalue weighted by atomic mass is 32.1. The molecule has 1 aromatic heterocycles. The first-order chi connectivity index (χ1) is 17.2. The molecule has 2 aromatic carbocycles. The van der Waals surface area contributed by atoms with Crippen LogP contribution in [0.25, 0.3) is 10.1 Å². The molecule has 1 saturated heterocycles. The Morgan fingerprint density at radius 3 is 2.69 bits per heavy atom. The third-order valence-electron chi connectivity index (χ3n) is 7.75. The third kappa shape index (κ3) is 4.82. The highest BCUT2D eigenvalue weighted by Gasteiger charge is 2.29. The lowest BCUT2D eigenvalue weighted by Crippen LogP contribution is -2.49. The summed E-state index contributed by atoms with van der Waals surface area (Å²) in [6.07, 6.45) is 4.99. The Morgan fingerprint density at radius 1 is 1.00 bits per heavy atom. The molecule has 1 amide bonds. The number of hydrogen-bond donors (Lipinski definition) is 1. The van der Waals surface area contributed by atoms with Crippen LogP contribution in [-0.4, -0.2) is 61.2 Å². The van der Waals surface area contributed by atoms with Crippen LogP contribution < -0.4 is 19.7 Å². The van der Waals surface area contributed by atoms with Gasteiger partial charge in [-0.3, -0.25) is 9.69 Å². The number of carbonyl (C=O) groups excluding carboxylic acids is 1. The fraction of sp³-hybridized carbons (Fsp3) is 0.481. The SMILES string of the molecule is O=C(NCC1CCCC[C@H]1CN1CCN(c2nsc3ccccc23)CC1)c1ccc2c(c1)OCO2. The number of nitrogens with one attached hydrogen (secondary N) is 1. The average Bonchev–Trinajstić information content (AvgIpc) is 3.55. The molecular formula is C27H32N4O3S. The number of amides is 1. The number of nitrogens with zero attached hydrogens (tertiary/aromatic N) is 3. The lowest BCUT2D eigenvalue weighted by Gasteiger charge is -2.40. The van der Waals surface area contributed by atoms with E-state index >= 15 is 0 Å². The molecule has 1 saturated carbocycles. The number of benzene rings is 2. The zero-order valence-electron chi connectivity index (χ0n) is 19.9. The van der Waals surface area contributed by atoms with Crippen molar-refractivity contribution in [3.63, 3.8) is 0 Å². The molecule has 2 aliphatic heterocycles. The zero-order valence-corrected chi connectivity index (χ0v) is 20.8. The molecule has 7 nitrogen and oxygen atoms in total. The van der Waals surface area contributed by atoms with Crippen molar-refractivity contribution in [3.05, 3.63) is 48.0 Å². The maximum atomic E-state index is 12.8. The first-order valence-corrected chi connectivity index (χ1v) is 13.5. The van der Waals surface area contributed by atoms with Crippen LogP contribution in [0.15, 0.2) is 42.5 Å². The van der Waals surface area contributed by atoms with Gasteiger partial charge in [0.25, 0.3) is 5.91 Å². The van der Waals surface area contributed by atoms with Crippen LogP contribution in [0.4, 0.5) is 5.82 Å². The molecule has 1 N–H and O–H groups in total. The molecule has 35 heavy (non-hydrogen) atoms. The molecule has 2 atom stereocenters. The maximum Gasteiger partial charge on any atom is 0.251 e. The number of anilines is 1. The Balaban J connectivity index is 1.02. The highest BCUT2D eigenvalue weighted by molar-refractivity contribution is 7.13. The Kier molecular flexibility index (Phi) is 6.48. The van der Waals surface area contributed by atoms with Gasteiger partial charge in [-0.15, -0.1) is 0 Å². The van der Waals surface area contributed by atoms with Crippen LogP contribution in [0.3, 0.4) is 0 Å². The summed E-state index contributed by atoms with van der Waals surface area (Å²) in [5.74, 6) is 3.63. The van der Waals surface area contributed by atoms with Crippen LogP contribution in [0.5, 0.6) is 11.5 Å². The van der Waals surface area contributed by atoms with E-state index in [1.54, 1.807) is 17.6 Å². The standard InChI is InChI=1S/C27H32N4O3S/c32-27(19-9-10-23-24(15-19)34-18-33-23)28-16-20-5-1-2-6-21(20)17-30-11-13-31(14-12-30)26-22-7-3-4-8-25(22)35-29-26/h3-4,7-10,15,20-21H,1-2,5-6,11-14,16-18H2,(H,28,32)/t20?,21-/m0/s1. The molecule has 184 valence electrons. The minimum Gasteiger partial charge on any atom is -0.454 e. The van der Waals surface area contributed by atoms with Gasteiger partial charge in [-0.2, -0.15) is 4.37 Å². The molecule has 1 unspecified atom stereocenters. The van der Waals surface area contributed by atoms with Gasteiger partial charge >= 0.3 is 0 Å². The Morgan fingerprint density at radius 2 is 1.80 bits per heavy atom. The van der Waals surface area contributed by atoms with Crippen LogP contribution in [-0.2, 0) is 0 Å². The Labute approximate surface area is 210 Å². The van der Waals surface area contributed by atoms with Crippen LogP contribution >= 0.6 is 11.5 Å². The van der Waals surface area contributed by atoms with Gasteiger partial charge in [0.15, 0.2) is 11.5 Å². The van der Waals surface area contributed by atoms with Gasteiger partial charge in [-0.05, 0) is 66.5 Å². The third-order valence-corrected chi connectivity index (χ3v) is 8.57. The molecule has 0 bridgehead atoms. The second-order valence-corrected chi connectivity index (χ2v) is 10.7. The summed E-state index contributed by atoms with van der Waals surface area (Å²) in [5.41, 5.74) is 0.632. The molecule has 0 radical (unpaired) electrons. The van der Waals surface area contributed by atoms with Gasteiger partial charge < -0.3 is 19.7 Å². The first kappa shape index (κ1) is 22.6. The van der Waals surface area contributed by atoms with Crippen LogP contribution in [0.2, 0.25) is 0 Å². The summed E-state index contributed by atoms with van der Waals surface area (Å²) < 4.78 is 16.8. The number of carbonyl (C=O) groups is 1. The van der Waals surface area contributed by atoms with E-state index in [9.17, 15) is 4.79 Å². The van der Waals surface area contributed by atoms with Crippen molar-refractivity contribution in [2.45, 2.75) is 25.7 Å². The predicted molar refractivity (Wildman–Crippen MR) is 139 cm³/mol. The minimum atomic E-state index is -0.0308. The van der Waals surface area contributed by atoms with E-state index in [0.717, 1.165) is 45.1 Å². The molecule has 8 heteroatoms. The number of ether oxygens (including phenoxy) is 2. The Bertz CT molecular complexity index is 1190. The van der Waals surface area contributed by atoms with Crippen LogP contribution in [0, 0.1) is 11.8 Å². The number of hydrogen-bond acceptors (Lipinski definition) is 7. The fourth-order valence-electron chi connectivity index (χ4n) is 5.73. The quantitative estimate of drug-likeness (QED) is 0.551. The van der Waals surface area contributed by atoms with Crippen molar-refractivity contribution in [2.24, 2.45) is 11.8 Å². The summed E-state index contributed by atoms with van der Waals surface area (Å²) in [6.45, 7) is 6.26. The van der Waals surface area contributed by atoms with Crippen molar-refractivity contribution in [1.82, 2.24) is 14.6 Å². The van der Waals surface area contributed by atoms with E-state index in [4.69, 9.17) is 13.8 Å². The fourth-order valence-corrected chi connectivity index (χ4v) is 6.53. The summed E-state index contributed by atoms with van der Waals surface area (Å²) >= 11 is 1.60. The first-order valence-electron chi connectivity index (χ1n) is 12.7. The number of aromatic nitrogens is 1. The lowest BCUT2D eigenvalue weighted by atomic mass is 9.78. The molecule has 2 fully saturated rings. The summed E-state index contributed by atoms with van der Waals surface area (Å²) in [4.78, 5) is 17.9. The molecule has 3 aliphatic rings. The van der Waals surface area contributed by atoms with E-state index in [1.807, 2.05) is 12.1 Å². The van der Waals surface area contributed by atoms with Gasteiger partial charge in [0.05, 0.1) is 4.70 Å². The number of piperazine rings is 1. The summed E-state index contributed by atoms with van der Waals surface area (Å²) in [6, 6.07) is 13.9. The van der Waals surface area contributed by atoms with E-state index < -0.39 is 0 Å². The lowest BCUT2D eigenvalue weighted by molar-refractivity contribution is 0.0919. The highest BCUT2D eigenvalue weighted by Crippen LogP contribution is 2.34. The normalized spacial score (nSPS) is 22.5. The monoisotopic (exact) mass is 492 g/mol. The topological polar surface area (TPSA) is 66.9 Å². The van der Waals surface area contributed by atoms with Crippen molar-refractivity contribution < 1.29 is 14.3 Å². The molecule has 3 aromatic rings. The number of fused-ring (bicyclic) bond motifs is 2. The molecule has 0 spiro atoms. The minimum absolute atomic E-state index is 0.0308. The van der Waals surface area contributed by atoms with Gasteiger partial charge in [0.2, 0.25) is 6.79 Å². The molecular weight excluding hydrogens is 460 g/mol. The molecule has 1 aliphatic carbocycles.